The van der Waals surface area contributed by atoms with Crippen molar-refractivity contribution in [3.05, 3.63) is 0 Å². The highest BCUT2D eigenvalue weighted by Crippen LogP contribution is 2.18. The molecule has 0 atom stereocenters. The van der Waals surface area contributed by atoms with E-state index in [1.165, 1.54) is 6.42 Å². The lowest BCUT2D eigenvalue weighted by Gasteiger charge is -2.34. The van der Waals surface area contributed by atoms with Crippen LogP contribution in [0.1, 0.15) is 40.0 Å². The van der Waals surface area contributed by atoms with Crippen LogP contribution in [-0.4, -0.2) is 44.9 Å². The summed E-state index contributed by atoms with van der Waals surface area (Å²) in [4.78, 5) is 0. The van der Waals surface area contributed by atoms with Crippen molar-refractivity contribution < 1.29 is 18.9 Å². The van der Waals surface area contributed by atoms with Gasteiger partial charge in [0.25, 0.3) is 0 Å². The van der Waals surface area contributed by atoms with E-state index in [1.807, 2.05) is 13.8 Å². The van der Waals surface area contributed by atoms with E-state index in [2.05, 4.69) is 6.92 Å². The Morgan fingerprint density at radius 2 is 1.71 bits per heavy atom. The summed E-state index contributed by atoms with van der Waals surface area (Å²) in [5, 5.41) is 0. The molecular formula is C13H26O4. The summed E-state index contributed by atoms with van der Waals surface area (Å²) in [6, 6.07) is 0. The second-order valence-corrected chi connectivity index (χ2v) is 4.83. The SMILES string of the molecule is CCCCOCCCOC1COC(C)(C)OC1. The van der Waals surface area contributed by atoms with Gasteiger partial charge in [0.15, 0.2) is 5.79 Å². The van der Waals surface area contributed by atoms with Gasteiger partial charge in [-0.05, 0) is 26.7 Å². The summed E-state index contributed by atoms with van der Waals surface area (Å²) < 4.78 is 22.1. The molecule has 0 bridgehead atoms. The van der Waals surface area contributed by atoms with Gasteiger partial charge in [-0.3, -0.25) is 0 Å². The largest absolute Gasteiger partial charge is 0.381 e. The third-order valence-corrected chi connectivity index (χ3v) is 2.66. The van der Waals surface area contributed by atoms with Gasteiger partial charge in [0, 0.05) is 19.8 Å². The molecule has 0 aromatic carbocycles. The fraction of sp³-hybridized carbons (Fsp3) is 1.00. The molecule has 17 heavy (non-hydrogen) atoms. The second-order valence-electron chi connectivity index (χ2n) is 4.83. The van der Waals surface area contributed by atoms with Crippen molar-refractivity contribution in [1.29, 1.82) is 0 Å². The Kier molecular flexibility index (Phi) is 7.04. The summed E-state index contributed by atoms with van der Waals surface area (Å²) in [5.41, 5.74) is 0. The zero-order valence-electron chi connectivity index (χ0n) is 11.4. The number of unbranched alkanes of at least 4 members (excludes halogenated alkanes) is 1. The molecule has 4 heteroatoms. The van der Waals surface area contributed by atoms with Gasteiger partial charge in [0.05, 0.1) is 13.2 Å². The average molecular weight is 246 g/mol. The molecule has 0 unspecified atom stereocenters. The van der Waals surface area contributed by atoms with Crippen LogP contribution in [0.15, 0.2) is 0 Å². The van der Waals surface area contributed by atoms with Crippen molar-refractivity contribution in [1.82, 2.24) is 0 Å². The molecule has 102 valence electrons. The quantitative estimate of drug-likeness (QED) is 0.616. The summed E-state index contributed by atoms with van der Waals surface area (Å²) >= 11 is 0. The van der Waals surface area contributed by atoms with Gasteiger partial charge in [-0.2, -0.15) is 0 Å². The smallest absolute Gasteiger partial charge is 0.163 e. The first-order chi connectivity index (χ1) is 8.14. The molecule has 0 radical (unpaired) electrons. The van der Waals surface area contributed by atoms with Gasteiger partial charge in [0.2, 0.25) is 0 Å². The van der Waals surface area contributed by atoms with Gasteiger partial charge >= 0.3 is 0 Å². The fourth-order valence-electron chi connectivity index (χ4n) is 1.53. The Hall–Kier alpha value is -0.160. The maximum absolute atomic E-state index is 5.65. The third-order valence-electron chi connectivity index (χ3n) is 2.66. The summed E-state index contributed by atoms with van der Waals surface area (Å²) in [5.74, 6) is -0.455. The number of rotatable bonds is 8. The van der Waals surface area contributed by atoms with Crippen molar-refractivity contribution in [2.24, 2.45) is 0 Å². The van der Waals surface area contributed by atoms with Gasteiger partial charge in [-0.1, -0.05) is 13.3 Å². The molecule has 1 aliphatic heterocycles. The molecule has 1 heterocycles. The fourth-order valence-corrected chi connectivity index (χ4v) is 1.53. The second kappa shape index (κ2) is 8.03. The highest BCUT2D eigenvalue weighted by molar-refractivity contribution is 4.67. The van der Waals surface area contributed by atoms with E-state index in [-0.39, 0.29) is 6.10 Å². The molecule has 1 aliphatic rings. The minimum atomic E-state index is -0.455. The lowest BCUT2D eigenvalue weighted by Crippen LogP contribution is -2.43. The average Bonchev–Trinajstić information content (AvgIpc) is 2.30. The van der Waals surface area contributed by atoms with Crippen LogP contribution in [0, 0.1) is 0 Å². The van der Waals surface area contributed by atoms with Crippen molar-refractivity contribution in [3.63, 3.8) is 0 Å². The Morgan fingerprint density at radius 3 is 2.35 bits per heavy atom. The Bertz CT molecular complexity index is 184. The van der Waals surface area contributed by atoms with E-state index in [0.717, 1.165) is 26.1 Å². The molecule has 1 fully saturated rings. The molecular weight excluding hydrogens is 220 g/mol. The van der Waals surface area contributed by atoms with Crippen LogP contribution in [0.3, 0.4) is 0 Å². The van der Waals surface area contributed by atoms with E-state index in [4.69, 9.17) is 18.9 Å². The maximum atomic E-state index is 5.65. The van der Waals surface area contributed by atoms with Crippen molar-refractivity contribution in [2.45, 2.75) is 51.9 Å². The number of ether oxygens (including phenoxy) is 4. The van der Waals surface area contributed by atoms with E-state index in [1.54, 1.807) is 0 Å². The Labute approximate surface area is 105 Å². The first-order valence-corrected chi connectivity index (χ1v) is 6.61. The minimum Gasteiger partial charge on any atom is -0.381 e. The van der Waals surface area contributed by atoms with Crippen LogP contribution in [0.5, 0.6) is 0 Å². The maximum Gasteiger partial charge on any atom is 0.163 e. The Balaban J connectivity index is 1.90. The van der Waals surface area contributed by atoms with Gasteiger partial charge in [-0.15, -0.1) is 0 Å². The van der Waals surface area contributed by atoms with Gasteiger partial charge in [-0.25, -0.2) is 0 Å². The first kappa shape index (κ1) is 14.9. The number of hydrogen-bond donors (Lipinski definition) is 0. The van der Waals surface area contributed by atoms with Crippen LogP contribution in [-0.2, 0) is 18.9 Å². The summed E-state index contributed by atoms with van der Waals surface area (Å²) in [6.45, 7) is 9.59. The van der Waals surface area contributed by atoms with Gasteiger partial charge < -0.3 is 18.9 Å². The molecule has 0 N–H and O–H groups in total. The topological polar surface area (TPSA) is 36.9 Å². The molecule has 0 saturated carbocycles. The molecule has 1 saturated heterocycles. The van der Waals surface area contributed by atoms with Gasteiger partial charge in [0.1, 0.15) is 6.10 Å². The van der Waals surface area contributed by atoms with E-state index >= 15 is 0 Å². The summed E-state index contributed by atoms with van der Waals surface area (Å²) in [6.07, 6.45) is 3.33. The summed E-state index contributed by atoms with van der Waals surface area (Å²) in [7, 11) is 0. The predicted molar refractivity (Wildman–Crippen MR) is 66.1 cm³/mol. The standard InChI is InChI=1S/C13H26O4/c1-4-5-7-14-8-6-9-15-12-10-16-13(2,3)17-11-12/h12H,4-11H2,1-3H3. The molecule has 0 aromatic rings. The van der Waals surface area contributed by atoms with E-state index in [9.17, 15) is 0 Å². The minimum absolute atomic E-state index is 0.0682. The van der Waals surface area contributed by atoms with Crippen molar-refractivity contribution >= 4 is 0 Å². The Morgan fingerprint density at radius 1 is 1.06 bits per heavy atom. The normalized spacial score (nSPS) is 20.6. The predicted octanol–water partition coefficient (Wildman–Crippen LogP) is 2.36. The highest BCUT2D eigenvalue weighted by atomic mass is 16.7. The molecule has 0 aromatic heterocycles. The van der Waals surface area contributed by atoms with Crippen molar-refractivity contribution in [3.8, 4) is 0 Å². The molecule has 0 spiro atoms. The van der Waals surface area contributed by atoms with Crippen LogP contribution in [0.4, 0.5) is 0 Å². The van der Waals surface area contributed by atoms with Crippen LogP contribution in [0.2, 0.25) is 0 Å². The highest BCUT2D eigenvalue weighted by Gasteiger charge is 2.28. The molecule has 0 aliphatic carbocycles. The number of hydrogen-bond acceptors (Lipinski definition) is 4. The van der Waals surface area contributed by atoms with E-state index < -0.39 is 5.79 Å². The van der Waals surface area contributed by atoms with E-state index in [0.29, 0.717) is 19.8 Å². The van der Waals surface area contributed by atoms with Crippen molar-refractivity contribution in [2.75, 3.05) is 33.0 Å². The first-order valence-electron chi connectivity index (χ1n) is 6.61. The zero-order valence-corrected chi connectivity index (χ0v) is 11.4. The monoisotopic (exact) mass is 246 g/mol. The van der Waals surface area contributed by atoms with Crippen LogP contribution in [0.25, 0.3) is 0 Å². The van der Waals surface area contributed by atoms with Crippen LogP contribution < -0.4 is 0 Å². The van der Waals surface area contributed by atoms with Crippen LogP contribution >= 0.6 is 0 Å². The zero-order chi connectivity index (χ0) is 12.6. The lowest BCUT2D eigenvalue weighted by molar-refractivity contribution is -0.279. The lowest BCUT2D eigenvalue weighted by atomic mass is 10.3. The third kappa shape index (κ3) is 6.99. The molecule has 1 rings (SSSR count). The molecule has 0 amide bonds. The molecule has 4 nitrogen and oxygen atoms in total.